The van der Waals surface area contributed by atoms with Crippen molar-refractivity contribution in [2.45, 2.75) is 157 Å². The minimum absolute atomic E-state index is 0.00170. The summed E-state index contributed by atoms with van der Waals surface area (Å²) in [6.07, 6.45) is 2.00. The molecule has 96 heavy (non-hydrogen) atoms. The zero-order valence-corrected chi connectivity index (χ0v) is 58.4. The van der Waals surface area contributed by atoms with Crippen LogP contribution in [0, 0.1) is 0 Å². The first-order valence-corrected chi connectivity index (χ1v) is 34.9. The summed E-state index contributed by atoms with van der Waals surface area (Å²) >= 11 is 0. The maximum absolute atomic E-state index is 7.97. The molecule has 7 aromatic carbocycles. The Balaban J connectivity index is 1.03. The van der Waals surface area contributed by atoms with Crippen molar-refractivity contribution in [3.63, 3.8) is 0 Å². The zero-order chi connectivity index (χ0) is 66.5. The number of rotatable bonds is 8. The smallest absolute Gasteiger partial charge is 0.256 e. The van der Waals surface area contributed by atoms with E-state index in [4.69, 9.17) is 29.4 Å². The number of benzene rings is 7. The average molecular weight is 1250 g/mol. The lowest BCUT2D eigenvalue weighted by atomic mass is 9.31. The number of fused-ring (bicyclic) bond motifs is 16. The minimum Gasteiger partial charge on any atom is -0.456 e. The predicted molar refractivity (Wildman–Crippen MR) is 403 cm³/mol. The molecule has 2 unspecified atom stereocenters. The molecule has 10 heterocycles. The van der Waals surface area contributed by atoms with Gasteiger partial charge in [-0.3, -0.25) is 0 Å². The topological polar surface area (TPSA) is 79.9 Å². The van der Waals surface area contributed by atoms with Crippen LogP contribution in [0.15, 0.2) is 170 Å². The lowest BCUT2D eigenvalue weighted by molar-refractivity contribution is 0.472. The normalized spacial score (nSPS) is 14.4. The van der Waals surface area contributed by atoms with Crippen LogP contribution in [0.1, 0.15) is 169 Å². The van der Waals surface area contributed by atoms with Crippen LogP contribution in [0.4, 0.5) is 0 Å². The Kier molecular flexibility index (Phi) is 13.2. The number of pyridine rings is 4. The number of aromatic nitrogens is 6. The number of ether oxygens (including phenoxy) is 2. The predicted octanol–water partition coefficient (Wildman–Crippen LogP) is 18.2. The van der Waals surface area contributed by atoms with Gasteiger partial charge in [0, 0.05) is 33.2 Å². The van der Waals surface area contributed by atoms with Crippen LogP contribution in [0.3, 0.4) is 0 Å². The highest BCUT2D eigenvalue weighted by Crippen LogP contribution is 2.49. The molecule has 0 radical (unpaired) electrons. The summed E-state index contributed by atoms with van der Waals surface area (Å²) < 4.78 is 20.9. The largest absolute Gasteiger partial charge is 0.456 e. The van der Waals surface area contributed by atoms with Gasteiger partial charge in [0.2, 0.25) is 0 Å². The third kappa shape index (κ3) is 9.09. The van der Waals surface area contributed by atoms with Gasteiger partial charge in [-0.15, -0.1) is 0 Å². The summed E-state index contributed by atoms with van der Waals surface area (Å²) in [4.78, 5) is 23.3. The minimum atomic E-state index is -0.323. The third-order valence-corrected chi connectivity index (χ3v) is 21.9. The van der Waals surface area contributed by atoms with Gasteiger partial charge < -0.3 is 18.6 Å². The first-order valence-electron chi connectivity index (χ1n) is 34.9. The highest BCUT2D eigenvalue weighted by atomic mass is 16.5. The van der Waals surface area contributed by atoms with E-state index >= 15 is 0 Å². The molecule has 0 amide bonds. The molecule has 13 aromatic rings. The second kappa shape index (κ2) is 21.0. The lowest BCUT2D eigenvalue weighted by Crippen LogP contribution is -2.63. The summed E-state index contributed by atoms with van der Waals surface area (Å²) in [6.45, 7) is 35.9. The van der Waals surface area contributed by atoms with Crippen LogP contribution in [-0.4, -0.2) is 42.5 Å². The molecule has 474 valence electrons. The van der Waals surface area contributed by atoms with Crippen LogP contribution < -0.4 is 42.3 Å². The molecule has 10 heteroatoms. The number of hydrogen-bond donors (Lipinski definition) is 0. The first-order chi connectivity index (χ1) is 45.8. The van der Waals surface area contributed by atoms with E-state index < -0.39 is 0 Å². The van der Waals surface area contributed by atoms with Gasteiger partial charge in [0.1, 0.15) is 45.1 Å². The summed E-state index contributed by atoms with van der Waals surface area (Å²) in [5.74, 6) is 3.90. The molecule has 4 aliphatic heterocycles. The van der Waals surface area contributed by atoms with E-state index in [9.17, 15) is 0 Å². The molecule has 0 saturated heterocycles. The monoisotopic (exact) mass is 1250 g/mol. The van der Waals surface area contributed by atoms with Crippen LogP contribution in [0.5, 0.6) is 23.0 Å². The maximum Gasteiger partial charge on any atom is 0.256 e. The Morgan fingerprint density at radius 2 is 0.667 bits per heavy atom. The summed E-state index contributed by atoms with van der Waals surface area (Å²) in [7, 11) is 0. The van der Waals surface area contributed by atoms with E-state index in [1.54, 1.807) is 0 Å². The molecule has 2 atom stereocenters. The van der Waals surface area contributed by atoms with Crippen LogP contribution in [0.25, 0.3) is 101 Å². The quantitative estimate of drug-likeness (QED) is 0.141. The number of nitrogens with zero attached hydrogens (tertiary/aromatic N) is 6. The standard InChI is InChI=1S/C86H82B2N6O2/c1-17-47(3)53-27-41-69-59(43-53)87-61-45-65(51-23-33-57(34-24-51)85(11,12)13)91-75-73-67(39-37-63(89-73)49-19-29-55(30-20-49)83(5,6)7)93(77(61)75)79-71(87)81(95-69)80-72-82(79)96-70-42-28-54(48(4)18-2)44-60(70)88(72)62-46-66(52-25-35-58(36-26-52)86(14,15)16)92-76-74-68(94(80)78(62)76)40-38-64(90-74)50-21-31-56(32-22-50)84(8,9)10/h19-48H,17-18H2,1-16H3. The maximum atomic E-state index is 7.97. The SMILES string of the molecule is CCC(C)c1ccc2c(c1)B1c3c(c4c5c(c3-n3c6ccc(-c7ccc(C(C)(C)C)cc7)nc6c6nc(-c7ccc(C(C)(C)C)cc7)cc1c63)Oc1ccc(C(C)CC)cc1B5c1cc(-c3ccc(C(C)(C)C)cc3)nc3c5nc(-c6ccc(C(C)(C)C)cc6)ccc5n-4c13)O2. The molecule has 0 N–H and O–H groups in total. The van der Waals surface area contributed by atoms with E-state index in [1.165, 1.54) is 33.4 Å². The fraction of sp³-hybridized carbons (Fsp3) is 0.279. The Bertz CT molecular complexity index is 5100. The van der Waals surface area contributed by atoms with Gasteiger partial charge >= 0.3 is 0 Å². The highest BCUT2D eigenvalue weighted by molar-refractivity contribution is 7.02. The summed E-state index contributed by atoms with van der Waals surface area (Å²) in [6, 6.07) is 63.8. The van der Waals surface area contributed by atoms with E-state index in [1.807, 2.05) is 0 Å². The van der Waals surface area contributed by atoms with Crippen LogP contribution >= 0.6 is 0 Å². The van der Waals surface area contributed by atoms with Gasteiger partial charge in [-0.1, -0.05) is 232 Å². The zero-order valence-electron chi connectivity index (χ0n) is 58.4. The fourth-order valence-corrected chi connectivity index (χ4v) is 15.8. The first kappa shape index (κ1) is 60.2. The van der Waals surface area contributed by atoms with Gasteiger partial charge in [-0.05, 0) is 150 Å². The molecule has 0 aliphatic carbocycles. The third-order valence-electron chi connectivity index (χ3n) is 21.9. The summed E-state index contributed by atoms with van der Waals surface area (Å²) in [5, 5.41) is 0. The van der Waals surface area contributed by atoms with E-state index in [0.29, 0.717) is 11.8 Å². The molecule has 4 aliphatic rings. The molecule has 0 fully saturated rings. The van der Waals surface area contributed by atoms with Crippen LogP contribution in [0.2, 0.25) is 0 Å². The molecule has 17 rings (SSSR count). The van der Waals surface area contributed by atoms with Crippen molar-refractivity contribution in [1.29, 1.82) is 0 Å². The van der Waals surface area contributed by atoms with Gasteiger partial charge in [0.05, 0.1) is 56.2 Å². The molecule has 8 nitrogen and oxygen atoms in total. The molecule has 0 spiro atoms. The van der Waals surface area contributed by atoms with Crippen molar-refractivity contribution >= 4 is 90.3 Å². The summed E-state index contributed by atoms with van der Waals surface area (Å²) in [5.41, 5.74) is 31.3. The van der Waals surface area contributed by atoms with Crippen molar-refractivity contribution in [2.75, 3.05) is 0 Å². The fourth-order valence-electron chi connectivity index (χ4n) is 15.8. The second-order valence-corrected chi connectivity index (χ2v) is 32.2. The van der Waals surface area contributed by atoms with Crippen molar-refractivity contribution in [1.82, 2.24) is 29.1 Å². The Morgan fingerprint density at radius 1 is 0.354 bits per heavy atom. The number of hydrogen-bond acceptors (Lipinski definition) is 6. The van der Waals surface area contributed by atoms with E-state index in [2.05, 4.69) is 290 Å². The molecule has 6 aromatic heterocycles. The Morgan fingerprint density at radius 3 is 0.979 bits per heavy atom. The van der Waals surface area contributed by atoms with E-state index in [-0.39, 0.29) is 35.1 Å². The Hall–Kier alpha value is -9.53. The highest BCUT2D eigenvalue weighted by Gasteiger charge is 2.51. The average Bonchev–Trinajstić information content (AvgIpc) is 1.30. The van der Waals surface area contributed by atoms with Crippen molar-refractivity contribution in [3.05, 3.63) is 203 Å². The van der Waals surface area contributed by atoms with Crippen molar-refractivity contribution < 1.29 is 9.47 Å². The van der Waals surface area contributed by atoms with Crippen LogP contribution in [-0.2, 0) is 21.7 Å². The second-order valence-electron chi connectivity index (χ2n) is 32.2. The van der Waals surface area contributed by atoms with Gasteiger partial charge in [-0.25, -0.2) is 19.9 Å². The van der Waals surface area contributed by atoms with Gasteiger partial charge in [0.15, 0.2) is 0 Å². The molecule has 0 saturated carbocycles. The molecule has 0 bridgehead atoms. The van der Waals surface area contributed by atoms with E-state index in [0.717, 1.165) is 169 Å². The van der Waals surface area contributed by atoms with Gasteiger partial charge in [0.25, 0.3) is 13.4 Å². The lowest BCUT2D eigenvalue weighted by Gasteiger charge is -2.41. The molecular weight excluding hydrogens is 1170 g/mol. The van der Waals surface area contributed by atoms with Gasteiger partial charge in [-0.2, -0.15) is 0 Å². The van der Waals surface area contributed by atoms with Crippen molar-refractivity contribution in [2.24, 2.45) is 0 Å². The Labute approximate surface area is 565 Å². The van der Waals surface area contributed by atoms with Crippen molar-refractivity contribution in [3.8, 4) is 79.4 Å². The molecular formula is C86H82B2N6O2.